The van der Waals surface area contributed by atoms with Crippen LogP contribution in [0.4, 0.5) is 15.6 Å². The van der Waals surface area contributed by atoms with Crippen molar-refractivity contribution in [2.24, 2.45) is 5.92 Å². The second-order valence-corrected chi connectivity index (χ2v) is 9.89. The quantitative estimate of drug-likeness (QED) is 0.718. The molecule has 0 bridgehead atoms. The zero-order valence-corrected chi connectivity index (χ0v) is 19.9. The summed E-state index contributed by atoms with van der Waals surface area (Å²) in [6.45, 7) is 6.19. The predicted molar refractivity (Wildman–Crippen MR) is 128 cm³/mol. The number of fused-ring (bicyclic) bond motifs is 1. The maximum atomic E-state index is 12.9. The molecule has 1 N–H and O–H groups in total. The zero-order chi connectivity index (χ0) is 22.8. The molecule has 3 saturated heterocycles. The van der Waals surface area contributed by atoms with Gasteiger partial charge in [0.25, 0.3) is 0 Å². The molecule has 0 atom stereocenters. The molecular weight excluding hydrogens is 442 g/mol. The average molecular weight is 474 g/mol. The number of piperidine rings is 1. The van der Waals surface area contributed by atoms with Crippen molar-refractivity contribution in [3.8, 4) is 5.75 Å². The van der Waals surface area contributed by atoms with Gasteiger partial charge in [-0.25, -0.2) is 9.78 Å². The molecule has 3 aliphatic heterocycles. The third kappa shape index (κ3) is 4.72. The van der Waals surface area contributed by atoms with E-state index in [0.717, 1.165) is 61.3 Å². The molecule has 3 aliphatic rings. The molecule has 3 fully saturated rings. The normalized spacial score (nSPS) is 20.0. The molecular formula is C23H31N5O4S. The number of likely N-dealkylation sites (tertiary alicyclic amines) is 2. The number of nitrogens with zero attached hydrogens (tertiary/aromatic N) is 4. The van der Waals surface area contributed by atoms with E-state index in [9.17, 15) is 9.59 Å². The molecule has 9 nitrogen and oxygen atoms in total. The van der Waals surface area contributed by atoms with Gasteiger partial charge in [-0.1, -0.05) is 11.3 Å². The number of rotatable bonds is 5. The summed E-state index contributed by atoms with van der Waals surface area (Å²) in [4.78, 5) is 35.7. The van der Waals surface area contributed by atoms with Crippen LogP contribution in [-0.2, 0) is 9.53 Å². The van der Waals surface area contributed by atoms with E-state index in [-0.39, 0.29) is 11.9 Å². The van der Waals surface area contributed by atoms with Crippen molar-refractivity contribution < 1.29 is 19.1 Å². The molecule has 1 aromatic carbocycles. The number of amides is 3. The summed E-state index contributed by atoms with van der Waals surface area (Å²) >= 11 is 1.49. The van der Waals surface area contributed by atoms with E-state index in [4.69, 9.17) is 14.5 Å². The van der Waals surface area contributed by atoms with Crippen LogP contribution in [-0.4, -0.2) is 86.3 Å². The van der Waals surface area contributed by atoms with Crippen molar-refractivity contribution in [1.82, 2.24) is 14.8 Å². The fourth-order valence-electron chi connectivity index (χ4n) is 4.94. The Morgan fingerprint density at radius 2 is 2.00 bits per heavy atom. The second kappa shape index (κ2) is 9.72. The largest absolute Gasteiger partial charge is 0.494 e. The number of hydrogen-bond donors (Lipinski definition) is 1. The Morgan fingerprint density at radius 1 is 1.21 bits per heavy atom. The number of methoxy groups -OCH3 is 1. The number of benzene rings is 1. The Kier molecular flexibility index (Phi) is 6.55. The third-order valence-electron chi connectivity index (χ3n) is 6.82. The van der Waals surface area contributed by atoms with Gasteiger partial charge in [-0.05, 0) is 37.3 Å². The molecule has 10 heteroatoms. The van der Waals surface area contributed by atoms with Crippen molar-refractivity contribution in [3.05, 3.63) is 12.1 Å². The van der Waals surface area contributed by atoms with Crippen LogP contribution in [0.25, 0.3) is 10.2 Å². The minimum atomic E-state index is -0.114. The Morgan fingerprint density at radius 3 is 2.70 bits per heavy atom. The van der Waals surface area contributed by atoms with Gasteiger partial charge in [0.05, 0.1) is 30.7 Å². The molecule has 2 aromatic rings. The minimum Gasteiger partial charge on any atom is -0.494 e. The fourth-order valence-corrected chi connectivity index (χ4v) is 5.95. The van der Waals surface area contributed by atoms with Gasteiger partial charge in [0, 0.05) is 45.7 Å². The Labute approximate surface area is 197 Å². The number of carbonyl (C=O) groups excluding carboxylic acids is 2. The van der Waals surface area contributed by atoms with Crippen molar-refractivity contribution in [1.29, 1.82) is 0 Å². The Balaban J connectivity index is 1.24. The molecule has 178 valence electrons. The molecule has 0 saturated carbocycles. The van der Waals surface area contributed by atoms with E-state index in [0.29, 0.717) is 49.5 Å². The van der Waals surface area contributed by atoms with Crippen molar-refractivity contribution >= 4 is 44.3 Å². The maximum Gasteiger partial charge on any atom is 0.323 e. The van der Waals surface area contributed by atoms with Crippen LogP contribution < -0.4 is 15.0 Å². The van der Waals surface area contributed by atoms with Crippen molar-refractivity contribution in [2.75, 3.05) is 69.8 Å². The number of thiazole rings is 1. The van der Waals surface area contributed by atoms with Gasteiger partial charge < -0.3 is 24.2 Å². The number of aromatic nitrogens is 1. The molecule has 0 radical (unpaired) electrons. The number of hydrogen-bond acceptors (Lipinski definition) is 7. The zero-order valence-electron chi connectivity index (χ0n) is 19.0. The van der Waals surface area contributed by atoms with Crippen LogP contribution in [0.1, 0.15) is 25.7 Å². The lowest BCUT2D eigenvalue weighted by atomic mass is 9.96. The van der Waals surface area contributed by atoms with Gasteiger partial charge in [-0.3, -0.25) is 10.1 Å². The number of urea groups is 1. The summed E-state index contributed by atoms with van der Waals surface area (Å²) in [7, 11) is 1.64. The van der Waals surface area contributed by atoms with E-state index in [1.807, 2.05) is 15.9 Å². The molecule has 0 aliphatic carbocycles. The average Bonchev–Trinajstić information content (AvgIpc) is 3.45. The highest BCUT2D eigenvalue weighted by molar-refractivity contribution is 7.23. The molecule has 4 heterocycles. The SMILES string of the molecule is COc1ccc(N2CCOCC2)c2sc(NC(=O)N3CCC(CN4CCCC4=O)CC3)nc12. The molecule has 33 heavy (non-hydrogen) atoms. The van der Waals surface area contributed by atoms with Gasteiger partial charge in [-0.2, -0.15) is 0 Å². The summed E-state index contributed by atoms with van der Waals surface area (Å²) in [6.07, 6.45) is 3.50. The van der Waals surface area contributed by atoms with Crippen LogP contribution in [0.3, 0.4) is 0 Å². The minimum absolute atomic E-state index is 0.114. The number of ether oxygens (including phenoxy) is 2. The lowest BCUT2D eigenvalue weighted by Crippen LogP contribution is -2.43. The van der Waals surface area contributed by atoms with Crippen LogP contribution in [0.15, 0.2) is 12.1 Å². The van der Waals surface area contributed by atoms with Crippen molar-refractivity contribution in [2.45, 2.75) is 25.7 Å². The lowest BCUT2D eigenvalue weighted by Gasteiger charge is -2.33. The first-order chi connectivity index (χ1) is 16.1. The van der Waals surface area contributed by atoms with Crippen molar-refractivity contribution in [3.63, 3.8) is 0 Å². The molecule has 0 unspecified atom stereocenters. The van der Waals surface area contributed by atoms with Gasteiger partial charge >= 0.3 is 6.03 Å². The van der Waals surface area contributed by atoms with E-state index in [1.54, 1.807) is 7.11 Å². The number of nitrogens with one attached hydrogen (secondary N) is 1. The summed E-state index contributed by atoms with van der Waals surface area (Å²) < 4.78 is 12.0. The van der Waals surface area contributed by atoms with Gasteiger partial charge in [0.1, 0.15) is 11.3 Å². The number of morpholine rings is 1. The van der Waals surface area contributed by atoms with E-state index < -0.39 is 0 Å². The second-order valence-electron chi connectivity index (χ2n) is 8.89. The smallest absolute Gasteiger partial charge is 0.323 e. The van der Waals surface area contributed by atoms with Gasteiger partial charge in [-0.15, -0.1) is 0 Å². The first-order valence-corrected chi connectivity index (χ1v) is 12.6. The summed E-state index contributed by atoms with van der Waals surface area (Å²) in [5, 5.41) is 3.59. The van der Waals surface area contributed by atoms with E-state index in [2.05, 4.69) is 16.3 Å². The van der Waals surface area contributed by atoms with E-state index in [1.165, 1.54) is 11.3 Å². The maximum absolute atomic E-state index is 12.9. The lowest BCUT2D eigenvalue weighted by molar-refractivity contribution is -0.128. The monoisotopic (exact) mass is 473 g/mol. The highest BCUT2D eigenvalue weighted by atomic mass is 32.1. The Bertz CT molecular complexity index is 1010. The molecule has 3 amide bonds. The van der Waals surface area contributed by atoms with Gasteiger partial charge in [0.15, 0.2) is 5.13 Å². The summed E-state index contributed by atoms with van der Waals surface area (Å²) in [5.41, 5.74) is 1.88. The topological polar surface area (TPSA) is 87.2 Å². The molecule has 0 spiro atoms. The first kappa shape index (κ1) is 22.2. The standard InChI is InChI=1S/C23H31N5O4S/c1-31-18-5-4-17(26-11-13-32-14-12-26)21-20(18)24-22(33-21)25-23(30)27-9-6-16(7-10-27)15-28-8-2-3-19(28)29/h4-5,16H,2-3,6-15H2,1H3,(H,24,25,30). The third-order valence-corrected chi connectivity index (χ3v) is 7.82. The molecule has 1 aromatic heterocycles. The van der Waals surface area contributed by atoms with Crippen LogP contribution in [0.5, 0.6) is 5.75 Å². The van der Waals surface area contributed by atoms with Gasteiger partial charge in [0.2, 0.25) is 5.91 Å². The highest BCUT2D eigenvalue weighted by Crippen LogP contribution is 2.39. The van der Waals surface area contributed by atoms with Crippen LogP contribution in [0.2, 0.25) is 0 Å². The highest BCUT2D eigenvalue weighted by Gasteiger charge is 2.28. The predicted octanol–water partition coefficient (Wildman–Crippen LogP) is 3.01. The number of anilines is 2. The van der Waals surface area contributed by atoms with Crippen LogP contribution >= 0.6 is 11.3 Å². The number of carbonyl (C=O) groups is 2. The van der Waals surface area contributed by atoms with Crippen LogP contribution in [0, 0.1) is 5.92 Å². The molecule has 5 rings (SSSR count). The Hall–Kier alpha value is -2.59. The summed E-state index contributed by atoms with van der Waals surface area (Å²) in [5.74, 6) is 1.45. The van der Waals surface area contributed by atoms with E-state index >= 15 is 0 Å². The fraction of sp³-hybridized carbons (Fsp3) is 0.609. The summed E-state index contributed by atoms with van der Waals surface area (Å²) in [6, 6.07) is 3.89. The first-order valence-electron chi connectivity index (χ1n) is 11.8.